The zero-order valence-corrected chi connectivity index (χ0v) is 17.1. The Bertz CT molecular complexity index is 843. The van der Waals surface area contributed by atoms with E-state index < -0.39 is 11.3 Å². The molecule has 0 aliphatic heterocycles. The summed E-state index contributed by atoms with van der Waals surface area (Å²) in [6, 6.07) is -0.216. The fourth-order valence-electron chi connectivity index (χ4n) is 3.13. The van der Waals surface area contributed by atoms with Gasteiger partial charge in [-0.15, -0.1) is 11.3 Å². The molecule has 0 spiro atoms. The van der Waals surface area contributed by atoms with Crippen LogP contribution in [0.2, 0.25) is 0 Å². The highest BCUT2D eigenvalue weighted by atomic mass is 32.2. The Hall–Kier alpha value is -1.67. The number of hydrogen-bond donors (Lipinski definition) is 2. The molecule has 26 heavy (non-hydrogen) atoms. The van der Waals surface area contributed by atoms with E-state index in [4.69, 9.17) is 0 Å². The molecule has 140 valence electrons. The van der Waals surface area contributed by atoms with Crippen molar-refractivity contribution in [2.24, 2.45) is 0 Å². The van der Waals surface area contributed by atoms with Gasteiger partial charge in [0.15, 0.2) is 0 Å². The summed E-state index contributed by atoms with van der Waals surface area (Å²) in [5.41, 5.74) is 1.15. The van der Waals surface area contributed by atoms with Crippen LogP contribution < -0.4 is 10.6 Å². The second-order valence-corrected chi connectivity index (χ2v) is 9.28. The Labute approximate surface area is 161 Å². The van der Waals surface area contributed by atoms with E-state index in [-0.39, 0.29) is 11.9 Å². The van der Waals surface area contributed by atoms with Crippen molar-refractivity contribution in [3.8, 4) is 0 Å². The molecular weight excluding hydrogens is 368 g/mol. The number of nitrogens with one attached hydrogen (secondary N) is 2. The van der Waals surface area contributed by atoms with Crippen LogP contribution in [0.4, 0.5) is 4.79 Å². The van der Waals surface area contributed by atoms with Gasteiger partial charge in [-0.1, -0.05) is 24.6 Å². The highest BCUT2D eigenvalue weighted by molar-refractivity contribution is 8.00. The Kier molecular flexibility index (Phi) is 5.82. The fraction of sp³-hybridized carbons (Fsp3) is 0.556. The molecular formula is C18H24N4O2S2. The average Bonchev–Trinajstić information content (AvgIpc) is 3.15. The predicted octanol–water partition coefficient (Wildman–Crippen LogP) is 3.87. The first-order valence-corrected chi connectivity index (χ1v) is 10.6. The lowest BCUT2D eigenvalue weighted by molar-refractivity contribution is -0.119. The van der Waals surface area contributed by atoms with E-state index in [1.807, 2.05) is 6.92 Å². The molecule has 1 atom stereocenters. The zero-order chi connectivity index (χ0) is 18.8. The Morgan fingerprint density at radius 2 is 1.88 bits per heavy atom. The normalized spacial score (nSPS) is 16.0. The number of hydrogen-bond acceptors (Lipinski definition) is 6. The maximum Gasteiger partial charge on any atom is 0.321 e. The van der Waals surface area contributed by atoms with Crippen LogP contribution in [-0.2, 0) is 4.79 Å². The smallest absolute Gasteiger partial charge is 0.321 e. The van der Waals surface area contributed by atoms with Crippen molar-refractivity contribution in [1.29, 1.82) is 0 Å². The zero-order valence-electron chi connectivity index (χ0n) is 15.5. The number of amides is 3. The number of carbonyl (C=O) groups excluding carboxylic acids is 2. The summed E-state index contributed by atoms with van der Waals surface area (Å²) in [6.07, 6.45) is 4.24. The molecule has 2 heterocycles. The third-order valence-electron chi connectivity index (χ3n) is 4.69. The summed E-state index contributed by atoms with van der Waals surface area (Å²) < 4.78 is 0. The maximum absolute atomic E-state index is 12.4. The van der Waals surface area contributed by atoms with Crippen molar-refractivity contribution in [2.75, 3.05) is 0 Å². The van der Waals surface area contributed by atoms with Gasteiger partial charge < -0.3 is 5.32 Å². The number of rotatable bonds is 4. The number of nitrogens with zero attached hydrogens (tertiary/aromatic N) is 2. The van der Waals surface area contributed by atoms with Gasteiger partial charge in [-0.3, -0.25) is 10.1 Å². The standard InChI is InChI=1S/C18H24N4O2S2/c1-9-10(2)25-16-14(9)17(20-12(4)19-16)26-11(3)15(23)22-18(24)21-13-7-5-6-8-13/h11,13H,5-8H2,1-4H3,(H2,21,22,23,24)/t11-/m1/s1. The van der Waals surface area contributed by atoms with Crippen LogP contribution in [0.15, 0.2) is 5.03 Å². The van der Waals surface area contributed by atoms with Gasteiger partial charge in [-0.2, -0.15) is 0 Å². The molecule has 1 aliphatic rings. The molecule has 1 fully saturated rings. The molecule has 3 amide bonds. The molecule has 2 aromatic rings. The van der Waals surface area contributed by atoms with E-state index >= 15 is 0 Å². The lowest BCUT2D eigenvalue weighted by Crippen LogP contribution is -2.45. The first-order chi connectivity index (χ1) is 12.3. The van der Waals surface area contributed by atoms with Crippen molar-refractivity contribution in [3.05, 3.63) is 16.3 Å². The van der Waals surface area contributed by atoms with Gasteiger partial charge in [0.1, 0.15) is 15.7 Å². The average molecular weight is 393 g/mol. The number of carbonyl (C=O) groups is 2. The van der Waals surface area contributed by atoms with E-state index in [1.165, 1.54) is 16.6 Å². The molecule has 0 aromatic carbocycles. The molecule has 6 nitrogen and oxygen atoms in total. The number of thioether (sulfide) groups is 1. The molecule has 8 heteroatoms. The summed E-state index contributed by atoms with van der Waals surface area (Å²) in [7, 11) is 0. The number of aromatic nitrogens is 2. The van der Waals surface area contributed by atoms with Crippen molar-refractivity contribution in [2.45, 2.75) is 69.7 Å². The van der Waals surface area contributed by atoms with Crippen LogP contribution in [0.3, 0.4) is 0 Å². The highest BCUT2D eigenvalue weighted by Crippen LogP contribution is 2.36. The highest BCUT2D eigenvalue weighted by Gasteiger charge is 2.23. The number of urea groups is 1. The topological polar surface area (TPSA) is 84.0 Å². The maximum atomic E-state index is 12.4. The van der Waals surface area contributed by atoms with Crippen molar-refractivity contribution < 1.29 is 9.59 Å². The SMILES string of the molecule is Cc1nc(S[C@H](C)C(=O)NC(=O)NC2CCCC2)c2c(C)c(C)sc2n1. The Morgan fingerprint density at radius 3 is 2.58 bits per heavy atom. The number of thiophene rings is 1. The van der Waals surface area contributed by atoms with Gasteiger partial charge in [0.2, 0.25) is 5.91 Å². The molecule has 2 aromatic heterocycles. The third-order valence-corrected chi connectivity index (χ3v) is 6.88. The minimum atomic E-state index is -0.429. The van der Waals surface area contributed by atoms with E-state index in [0.29, 0.717) is 5.82 Å². The van der Waals surface area contributed by atoms with Crippen molar-refractivity contribution in [1.82, 2.24) is 20.6 Å². The summed E-state index contributed by atoms with van der Waals surface area (Å²) in [4.78, 5) is 35.6. The molecule has 2 N–H and O–H groups in total. The molecule has 0 radical (unpaired) electrons. The Morgan fingerprint density at radius 1 is 1.19 bits per heavy atom. The van der Waals surface area contributed by atoms with E-state index in [2.05, 4.69) is 34.4 Å². The minimum Gasteiger partial charge on any atom is -0.335 e. The van der Waals surface area contributed by atoms with Gasteiger partial charge in [0.25, 0.3) is 0 Å². The quantitative estimate of drug-likeness (QED) is 0.610. The van der Waals surface area contributed by atoms with Gasteiger partial charge in [-0.05, 0) is 46.1 Å². The van der Waals surface area contributed by atoms with Gasteiger partial charge in [0, 0.05) is 16.3 Å². The van der Waals surface area contributed by atoms with Crippen LogP contribution in [0.1, 0.15) is 48.9 Å². The summed E-state index contributed by atoms with van der Waals surface area (Å²) in [5, 5.41) is 6.72. The van der Waals surface area contributed by atoms with Crippen molar-refractivity contribution in [3.63, 3.8) is 0 Å². The number of imide groups is 1. The largest absolute Gasteiger partial charge is 0.335 e. The van der Waals surface area contributed by atoms with Gasteiger partial charge in [0.05, 0.1) is 5.25 Å². The molecule has 0 unspecified atom stereocenters. The molecule has 3 rings (SSSR count). The minimum absolute atomic E-state index is 0.186. The second kappa shape index (κ2) is 7.92. The van der Waals surface area contributed by atoms with Gasteiger partial charge in [-0.25, -0.2) is 14.8 Å². The lowest BCUT2D eigenvalue weighted by atomic mass is 10.2. The van der Waals surface area contributed by atoms with Crippen LogP contribution in [-0.4, -0.2) is 33.2 Å². The van der Waals surface area contributed by atoms with Crippen LogP contribution >= 0.6 is 23.1 Å². The van der Waals surface area contributed by atoms with Gasteiger partial charge >= 0.3 is 6.03 Å². The van der Waals surface area contributed by atoms with Crippen LogP contribution in [0, 0.1) is 20.8 Å². The summed E-state index contributed by atoms with van der Waals surface area (Å²) in [5.74, 6) is 0.382. The fourth-order valence-corrected chi connectivity index (χ4v) is 5.32. The molecule has 0 saturated heterocycles. The predicted molar refractivity (Wildman–Crippen MR) is 106 cm³/mol. The third kappa shape index (κ3) is 4.17. The monoisotopic (exact) mass is 392 g/mol. The van der Waals surface area contributed by atoms with E-state index in [9.17, 15) is 9.59 Å². The van der Waals surface area contributed by atoms with E-state index in [0.717, 1.165) is 46.5 Å². The van der Waals surface area contributed by atoms with Crippen LogP contribution in [0.5, 0.6) is 0 Å². The Balaban J connectivity index is 1.69. The first-order valence-electron chi connectivity index (χ1n) is 8.87. The second-order valence-electron chi connectivity index (χ2n) is 6.74. The summed E-state index contributed by atoms with van der Waals surface area (Å²) >= 11 is 3.01. The molecule has 1 saturated carbocycles. The van der Waals surface area contributed by atoms with Crippen molar-refractivity contribution >= 4 is 45.3 Å². The van der Waals surface area contributed by atoms with Crippen LogP contribution in [0.25, 0.3) is 10.2 Å². The summed E-state index contributed by atoms with van der Waals surface area (Å²) in [6.45, 7) is 7.76. The first kappa shape index (κ1) is 19.1. The molecule has 0 bridgehead atoms. The molecule has 1 aliphatic carbocycles. The number of aryl methyl sites for hydroxylation is 3. The number of fused-ring (bicyclic) bond motifs is 1. The van der Waals surface area contributed by atoms with E-state index in [1.54, 1.807) is 18.3 Å². The lowest BCUT2D eigenvalue weighted by Gasteiger charge is -2.15.